The monoisotopic (exact) mass is 226 g/mol. The summed E-state index contributed by atoms with van der Waals surface area (Å²) in [5.41, 5.74) is 0.524. The molecule has 1 saturated heterocycles. The molecule has 1 aliphatic rings. The number of hydrogen-bond acceptors (Lipinski definition) is 3. The van der Waals surface area contributed by atoms with Gasteiger partial charge in [-0.3, -0.25) is 4.98 Å². The number of thioether (sulfide) groups is 1. The van der Waals surface area contributed by atoms with Gasteiger partial charge in [-0.05, 0) is 36.5 Å². The first-order chi connectivity index (χ1) is 7.36. The minimum absolute atomic E-state index is 0.213. The van der Waals surface area contributed by atoms with E-state index in [-0.39, 0.29) is 5.82 Å². The van der Waals surface area contributed by atoms with Gasteiger partial charge in [-0.15, -0.1) is 0 Å². The summed E-state index contributed by atoms with van der Waals surface area (Å²) >= 11 is 1.99. The Balaban J connectivity index is 1.84. The van der Waals surface area contributed by atoms with Gasteiger partial charge >= 0.3 is 0 Å². The van der Waals surface area contributed by atoms with E-state index >= 15 is 0 Å². The molecular formula is C11H15FN2S. The minimum atomic E-state index is -0.213. The average Bonchev–Trinajstić information content (AvgIpc) is 2.29. The Morgan fingerprint density at radius 2 is 2.27 bits per heavy atom. The van der Waals surface area contributed by atoms with Crippen LogP contribution in [0.25, 0.3) is 0 Å². The molecule has 0 atom stereocenters. The summed E-state index contributed by atoms with van der Waals surface area (Å²) in [5, 5.41) is 3.36. The van der Waals surface area contributed by atoms with Crippen molar-refractivity contribution in [2.75, 3.05) is 11.5 Å². The minimum Gasteiger partial charge on any atom is -0.308 e. The third kappa shape index (κ3) is 3.18. The van der Waals surface area contributed by atoms with Crippen LogP contribution in [0.4, 0.5) is 4.39 Å². The molecule has 1 aromatic heterocycles. The van der Waals surface area contributed by atoms with E-state index in [4.69, 9.17) is 0 Å². The molecule has 2 heterocycles. The van der Waals surface area contributed by atoms with Crippen LogP contribution >= 0.6 is 11.8 Å². The molecular weight excluding hydrogens is 211 g/mol. The summed E-state index contributed by atoms with van der Waals surface area (Å²) in [6.07, 6.45) is 4.00. The highest BCUT2D eigenvalue weighted by Crippen LogP contribution is 2.17. The Bertz CT molecular complexity index is 313. The lowest BCUT2D eigenvalue weighted by molar-refractivity contribution is 0.467. The Hall–Kier alpha value is -0.610. The van der Waals surface area contributed by atoms with Crippen LogP contribution in [0.15, 0.2) is 18.3 Å². The number of nitrogens with zero attached hydrogens (tertiary/aromatic N) is 1. The highest BCUT2D eigenvalue weighted by atomic mass is 32.2. The zero-order chi connectivity index (χ0) is 10.5. The number of hydrogen-bond donors (Lipinski definition) is 1. The molecule has 1 aromatic rings. The van der Waals surface area contributed by atoms with Crippen molar-refractivity contribution in [3.8, 4) is 0 Å². The molecule has 0 radical (unpaired) electrons. The highest BCUT2D eigenvalue weighted by Gasteiger charge is 2.13. The summed E-state index contributed by atoms with van der Waals surface area (Å²) in [5.74, 6) is 2.21. The molecule has 15 heavy (non-hydrogen) atoms. The van der Waals surface area contributed by atoms with Gasteiger partial charge in [0.1, 0.15) is 5.82 Å². The van der Waals surface area contributed by atoms with Gasteiger partial charge in [-0.2, -0.15) is 11.8 Å². The van der Waals surface area contributed by atoms with Gasteiger partial charge < -0.3 is 5.32 Å². The predicted molar refractivity (Wildman–Crippen MR) is 61.4 cm³/mol. The number of aromatic nitrogens is 1. The lowest BCUT2D eigenvalue weighted by Gasteiger charge is -2.22. The third-order valence-corrected chi connectivity index (χ3v) is 3.66. The largest absolute Gasteiger partial charge is 0.308 e. The zero-order valence-electron chi connectivity index (χ0n) is 8.58. The van der Waals surface area contributed by atoms with E-state index in [0.717, 1.165) is 0 Å². The summed E-state index contributed by atoms with van der Waals surface area (Å²) in [6, 6.07) is 3.62. The van der Waals surface area contributed by atoms with Gasteiger partial charge in [0.25, 0.3) is 0 Å². The normalized spacial score (nSPS) is 17.9. The molecule has 1 fully saturated rings. The van der Waals surface area contributed by atoms with Crippen LogP contribution < -0.4 is 5.32 Å². The van der Waals surface area contributed by atoms with Gasteiger partial charge in [0.2, 0.25) is 0 Å². The van der Waals surface area contributed by atoms with Gasteiger partial charge in [0.05, 0.1) is 5.69 Å². The van der Waals surface area contributed by atoms with E-state index in [2.05, 4.69) is 10.3 Å². The first kappa shape index (κ1) is 10.9. The fourth-order valence-corrected chi connectivity index (χ4v) is 2.80. The quantitative estimate of drug-likeness (QED) is 0.855. The molecule has 1 aliphatic heterocycles. The first-order valence-electron chi connectivity index (χ1n) is 5.27. The van der Waals surface area contributed by atoms with Crippen LogP contribution in [-0.4, -0.2) is 22.5 Å². The number of rotatable bonds is 3. The van der Waals surface area contributed by atoms with Crippen molar-refractivity contribution in [1.29, 1.82) is 0 Å². The third-order valence-electron chi connectivity index (χ3n) is 2.61. The number of pyridine rings is 1. The maximum absolute atomic E-state index is 13.2. The first-order valence-corrected chi connectivity index (χ1v) is 6.42. The second-order valence-electron chi connectivity index (χ2n) is 3.70. The Labute approximate surface area is 93.7 Å². The predicted octanol–water partition coefficient (Wildman–Crippen LogP) is 2.21. The number of nitrogens with one attached hydrogen (secondary N) is 1. The zero-order valence-corrected chi connectivity index (χ0v) is 9.39. The standard InChI is InChI=1S/C11H15FN2S/c12-10-2-1-5-13-11(10)8-14-9-3-6-15-7-4-9/h1-2,5,9,14H,3-4,6-8H2. The summed E-state index contributed by atoms with van der Waals surface area (Å²) in [6.45, 7) is 0.544. The number of halogens is 1. The molecule has 0 saturated carbocycles. The highest BCUT2D eigenvalue weighted by molar-refractivity contribution is 7.99. The molecule has 0 amide bonds. The van der Waals surface area contributed by atoms with E-state index < -0.39 is 0 Å². The molecule has 0 bridgehead atoms. The van der Waals surface area contributed by atoms with Gasteiger partial charge in [-0.25, -0.2) is 4.39 Å². The molecule has 1 N–H and O–H groups in total. The van der Waals surface area contributed by atoms with Gasteiger partial charge in [-0.1, -0.05) is 0 Å². The molecule has 82 valence electrons. The molecule has 0 aromatic carbocycles. The van der Waals surface area contributed by atoms with E-state index in [0.29, 0.717) is 18.3 Å². The Morgan fingerprint density at radius 1 is 1.47 bits per heavy atom. The molecule has 2 rings (SSSR count). The lowest BCUT2D eigenvalue weighted by atomic mass is 10.1. The van der Waals surface area contributed by atoms with E-state index in [1.807, 2.05) is 11.8 Å². The topological polar surface area (TPSA) is 24.9 Å². The van der Waals surface area contributed by atoms with Crippen molar-refractivity contribution in [2.24, 2.45) is 0 Å². The van der Waals surface area contributed by atoms with E-state index in [1.165, 1.54) is 30.4 Å². The lowest BCUT2D eigenvalue weighted by Crippen LogP contribution is -2.32. The van der Waals surface area contributed by atoms with Crippen LogP contribution in [0, 0.1) is 5.82 Å². The van der Waals surface area contributed by atoms with Crippen LogP contribution in [0.1, 0.15) is 18.5 Å². The SMILES string of the molecule is Fc1cccnc1CNC1CCSCC1. The van der Waals surface area contributed by atoms with Crippen LogP contribution in [0.5, 0.6) is 0 Å². The molecule has 0 unspecified atom stereocenters. The van der Waals surface area contributed by atoms with Crippen molar-refractivity contribution in [1.82, 2.24) is 10.3 Å². The van der Waals surface area contributed by atoms with Crippen LogP contribution in [-0.2, 0) is 6.54 Å². The Kier molecular flexibility index (Phi) is 3.97. The van der Waals surface area contributed by atoms with Crippen LogP contribution in [0.3, 0.4) is 0 Å². The van der Waals surface area contributed by atoms with Crippen LogP contribution in [0.2, 0.25) is 0 Å². The second kappa shape index (κ2) is 5.47. The van der Waals surface area contributed by atoms with E-state index in [1.54, 1.807) is 12.3 Å². The van der Waals surface area contributed by atoms with E-state index in [9.17, 15) is 4.39 Å². The molecule has 2 nitrogen and oxygen atoms in total. The smallest absolute Gasteiger partial charge is 0.146 e. The van der Waals surface area contributed by atoms with Gasteiger partial charge in [0, 0.05) is 18.8 Å². The van der Waals surface area contributed by atoms with Gasteiger partial charge in [0.15, 0.2) is 0 Å². The second-order valence-corrected chi connectivity index (χ2v) is 4.92. The Morgan fingerprint density at radius 3 is 3.00 bits per heavy atom. The maximum atomic E-state index is 13.2. The van der Waals surface area contributed by atoms with Crippen molar-refractivity contribution >= 4 is 11.8 Å². The van der Waals surface area contributed by atoms with Crippen molar-refractivity contribution in [3.05, 3.63) is 29.8 Å². The fourth-order valence-electron chi connectivity index (χ4n) is 1.69. The molecule has 0 spiro atoms. The van der Waals surface area contributed by atoms with Crippen molar-refractivity contribution < 1.29 is 4.39 Å². The fraction of sp³-hybridized carbons (Fsp3) is 0.545. The van der Waals surface area contributed by atoms with Crippen molar-refractivity contribution in [3.63, 3.8) is 0 Å². The maximum Gasteiger partial charge on any atom is 0.146 e. The molecule has 4 heteroatoms. The summed E-state index contributed by atoms with van der Waals surface area (Å²) < 4.78 is 13.2. The summed E-state index contributed by atoms with van der Waals surface area (Å²) in [7, 11) is 0. The molecule has 0 aliphatic carbocycles. The average molecular weight is 226 g/mol. The summed E-state index contributed by atoms with van der Waals surface area (Å²) in [4.78, 5) is 4.02. The van der Waals surface area contributed by atoms with Crippen molar-refractivity contribution in [2.45, 2.75) is 25.4 Å².